The molecule has 0 saturated carbocycles. The minimum Gasteiger partial charge on any atom is -0.492 e. The predicted molar refractivity (Wildman–Crippen MR) is 153 cm³/mol. The molecule has 0 bridgehead atoms. The van der Waals surface area contributed by atoms with Gasteiger partial charge in [0.1, 0.15) is 5.75 Å². The van der Waals surface area contributed by atoms with Gasteiger partial charge in [0, 0.05) is 16.2 Å². The van der Waals surface area contributed by atoms with Gasteiger partial charge in [0.25, 0.3) is 5.56 Å². The summed E-state index contributed by atoms with van der Waals surface area (Å²) in [6, 6.07) is 8.38. The van der Waals surface area contributed by atoms with E-state index in [0.29, 0.717) is 52.0 Å². The van der Waals surface area contributed by atoms with Gasteiger partial charge in [-0.3, -0.25) is 9.36 Å². The summed E-state index contributed by atoms with van der Waals surface area (Å²) in [6.07, 6.45) is 3.23. The number of hydrogen-bond donors (Lipinski definition) is 0. The smallest absolute Gasteiger partial charge is 0.337 e. The van der Waals surface area contributed by atoms with Crippen LogP contribution in [0.5, 0.6) is 17.2 Å². The van der Waals surface area contributed by atoms with E-state index in [1.165, 1.54) is 29.2 Å². The summed E-state index contributed by atoms with van der Waals surface area (Å²) in [4.78, 5) is 31.5. The first-order chi connectivity index (χ1) is 18.3. The van der Waals surface area contributed by atoms with Crippen LogP contribution in [0, 0.1) is 0 Å². The van der Waals surface area contributed by atoms with E-state index in [9.17, 15) is 9.59 Å². The molecule has 3 aromatic rings. The summed E-state index contributed by atoms with van der Waals surface area (Å²) >= 11 is 8.28. The first kappa shape index (κ1) is 28.1. The molecular weight excluding hydrogens is 640 g/mol. The summed E-state index contributed by atoms with van der Waals surface area (Å²) in [5.41, 5.74) is 1.33. The molecule has 1 aliphatic rings. The zero-order valence-corrected chi connectivity index (χ0v) is 25.2. The molecule has 0 radical (unpaired) electrons. The highest BCUT2D eigenvalue weighted by molar-refractivity contribution is 9.11. The van der Waals surface area contributed by atoms with Gasteiger partial charge in [-0.05, 0) is 72.6 Å². The van der Waals surface area contributed by atoms with E-state index >= 15 is 0 Å². The minimum absolute atomic E-state index is 0.235. The fourth-order valence-corrected chi connectivity index (χ4v) is 6.45. The van der Waals surface area contributed by atoms with Crippen molar-refractivity contribution >= 4 is 55.2 Å². The lowest BCUT2D eigenvalue weighted by molar-refractivity contribution is -0.136. The Balaban J connectivity index is 1.94. The standard InChI is InChI=1S/C27H26Br2N2O6S/c1-5-35-20-9-8-15(11-21(20)36-6-2)23-18(26(33)34-4)14-30-27-31(23)25(32)22(38-27)12-16-10-17(28)13-19(29)24(16)37-7-3/h8-14,23H,5-7H2,1-4H3/b22-12+/t23-/m0/s1. The molecule has 1 aromatic heterocycles. The Morgan fingerprint density at radius 1 is 1.05 bits per heavy atom. The second-order valence-electron chi connectivity index (χ2n) is 7.99. The number of halogens is 2. The maximum absolute atomic E-state index is 13.9. The fourth-order valence-electron chi connectivity index (χ4n) is 4.11. The van der Waals surface area contributed by atoms with Crippen molar-refractivity contribution in [2.24, 2.45) is 4.99 Å². The number of ether oxygens (including phenoxy) is 4. The SMILES string of the molecule is CCOc1ccc([C@H]2C(C(=O)OC)=CN=c3s/c(=C/c4cc(Br)cc(Br)c4OCC)c(=O)n32)cc1OCC. The Kier molecular flexibility index (Phi) is 9.11. The molecule has 4 rings (SSSR count). The maximum atomic E-state index is 13.9. The maximum Gasteiger partial charge on any atom is 0.337 e. The molecule has 1 atom stereocenters. The Labute approximate surface area is 240 Å². The van der Waals surface area contributed by atoms with Crippen molar-refractivity contribution in [2.45, 2.75) is 26.8 Å². The van der Waals surface area contributed by atoms with Crippen molar-refractivity contribution in [3.63, 3.8) is 0 Å². The summed E-state index contributed by atoms with van der Waals surface area (Å²) in [5, 5.41) is 0. The van der Waals surface area contributed by atoms with Crippen LogP contribution in [0.3, 0.4) is 0 Å². The van der Waals surface area contributed by atoms with Crippen LogP contribution in [0.25, 0.3) is 6.08 Å². The number of nitrogens with zero attached hydrogens (tertiary/aromatic N) is 2. The number of methoxy groups -OCH3 is 1. The highest BCUT2D eigenvalue weighted by Crippen LogP contribution is 2.36. The van der Waals surface area contributed by atoms with E-state index in [4.69, 9.17) is 18.9 Å². The van der Waals surface area contributed by atoms with Crippen LogP contribution < -0.4 is 29.1 Å². The Morgan fingerprint density at radius 2 is 1.76 bits per heavy atom. The summed E-state index contributed by atoms with van der Waals surface area (Å²) < 4.78 is 25.9. The van der Waals surface area contributed by atoms with E-state index < -0.39 is 12.0 Å². The molecule has 8 nitrogen and oxygen atoms in total. The van der Waals surface area contributed by atoms with Crippen molar-refractivity contribution in [1.82, 2.24) is 4.57 Å². The van der Waals surface area contributed by atoms with E-state index in [2.05, 4.69) is 36.9 Å². The van der Waals surface area contributed by atoms with Gasteiger partial charge < -0.3 is 18.9 Å². The van der Waals surface area contributed by atoms with Crippen LogP contribution in [-0.4, -0.2) is 37.5 Å². The molecule has 2 heterocycles. The van der Waals surface area contributed by atoms with E-state index in [-0.39, 0.29) is 11.1 Å². The number of benzene rings is 2. The number of aromatic nitrogens is 1. The van der Waals surface area contributed by atoms with Crippen LogP contribution in [0.15, 0.2) is 60.8 Å². The molecule has 1 aliphatic heterocycles. The summed E-state index contributed by atoms with van der Waals surface area (Å²) in [5.74, 6) is 1.16. The zero-order valence-electron chi connectivity index (χ0n) is 21.2. The van der Waals surface area contributed by atoms with Gasteiger partial charge in [0.15, 0.2) is 16.3 Å². The lowest BCUT2D eigenvalue weighted by Crippen LogP contribution is -2.39. The van der Waals surface area contributed by atoms with E-state index in [0.717, 1.165) is 14.5 Å². The van der Waals surface area contributed by atoms with Crippen LogP contribution in [0.2, 0.25) is 0 Å². The summed E-state index contributed by atoms with van der Waals surface area (Å²) in [7, 11) is 1.30. The van der Waals surface area contributed by atoms with Gasteiger partial charge in [-0.25, -0.2) is 9.79 Å². The molecule has 0 unspecified atom stereocenters. The molecule has 0 saturated heterocycles. The monoisotopic (exact) mass is 664 g/mol. The van der Waals surface area contributed by atoms with Gasteiger partial charge in [0.05, 0.1) is 47.6 Å². The van der Waals surface area contributed by atoms with Gasteiger partial charge >= 0.3 is 5.97 Å². The first-order valence-corrected chi connectivity index (χ1v) is 14.3. The Bertz CT molecular complexity index is 1580. The van der Waals surface area contributed by atoms with Gasteiger partial charge in [0.2, 0.25) is 0 Å². The average molecular weight is 666 g/mol. The molecule has 0 fully saturated rings. The average Bonchev–Trinajstić information content (AvgIpc) is 3.21. The van der Waals surface area contributed by atoms with Crippen molar-refractivity contribution in [1.29, 1.82) is 0 Å². The largest absolute Gasteiger partial charge is 0.492 e. The third-order valence-electron chi connectivity index (χ3n) is 5.62. The molecule has 0 amide bonds. The zero-order chi connectivity index (χ0) is 27.4. The highest BCUT2D eigenvalue weighted by Gasteiger charge is 2.31. The van der Waals surface area contributed by atoms with Crippen molar-refractivity contribution in [2.75, 3.05) is 26.9 Å². The van der Waals surface area contributed by atoms with Gasteiger partial charge in [-0.1, -0.05) is 33.3 Å². The summed E-state index contributed by atoms with van der Waals surface area (Å²) in [6.45, 7) is 7.02. The quantitative estimate of drug-likeness (QED) is 0.307. The lowest BCUT2D eigenvalue weighted by atomic mass is 9.97. The molecule has 200 valence electrons. The van der Waals surface area contributed by atoms with Crippen molar-refractivity contribution in [3.8, 4) is 17.2 Å². The molecule has 11 heteroatoms. The molecule has 0 spiro atoms. The number of carbonyl (C=O) groups excluding carboxylic acids is 1. The van der Waals surface area contributed by atoms with Crippen LogP contribution in [0.1, 0.15) is 37.9 Å². The first-order valence-electron chi connectivity index (χ1n) is 11.9. The van der Waals surface area contributed by atoms with Gasteiger partial charge in [-0.15, -0.1) is 0 Å². The predicted octanol–water partition coefficient (Wildman–Crippen LogP) is 4.74. The fraction of sp³-hybridized carbons (Fsp3) is 0.296. The van der Waals surface area contributed by atoms with Gasteiger partial charge in [-0.2, -0.15) is 0 Å². The molecular formula is C27H26Br2N2O6S. The third-order valence-corrected chi connectivity index (χ3v) is 7.66. The minimum atomic E-state index is -0.767. The normalized spacial score (nSPS) is 14.8. The number of hydrogen-bond acceptors (Lipinski definition) is 8. The lowest BCUT2D eigenvalue weighted by Gasteiger charge is -2.23. The molecule has 2 aromatic carbocycles. The Hall–Kier alpha value is -2.89. The van der Waals surface area contributed by atoms with Crippen LogP contribution >= 0.6 is 43.2 Å². The highest BCUT2D eigenvalue weighted by atomic mass is 79.9. The Morgan fingerprint density at radius 3 is 2.45 bits per heavy atom. The number of esters is 1. The van der Waals surface area contributed by atoms with E-state index in [1.54, 1.807) is 18.2 Å². The third kappa shape index (κ3) is 5.60. The number of rotatable bonds is 9. The molecule has 0 aliphatic carbocycles. The van der Waals surface area contributed by atoms with E-state index in [1.807, 2.05) is 39.0 Å². The van der Waals surface area contributed by atoms with Crippen LogP contribution in [0.4, 0.5) is 0 Å². The second-order valence-corrected chi connectivity index (χ2v) is 10.8. The molecule has 0 N–H and O–H groups in total. The van der Waals surface area contributed by atoms with Crippen molar-refractivity contribution < 1.29 is 23.7 Å². The number of thiazole rings is 1. The number of fused-ring (bicyclic) bond motifs is 1. The van der Waals surface area contributed by atoms with Crippen LogP contribution in [-0.2, 0) is 9.53 Å². The second kappa shape index (κ2) is 12.3. The molecule has 38 heavy (non-hydrogen) atoms. The number of carbonyl (C=O) groups is 1. The van der Waals surface area contributed by atoms with Crippen molar-refractivity contribution in [3.05, 3.63) is 81.9 Å². The topological polar surface area (TPSA) is 88.4 Å².